The Morgan fingerprint density at radius 1 is 1.22 bits per heavy atom. The van der Waals surface area contributed by atoms with Crippen molar-refractivity contribution in [3.05, 3.63) is 58.6 Å². The number of carbonyl (C=O) groups excluding carboxylic acids is 1. The van der Waals surface area contributed by atoms with Crippen LogP contribution in [0.4, 0.5) is 5.69 Å². The maximum absolute atomic E-state index is 12.5. The molecule has 0 spiro atoms. The van der Waals surface area contributed by atoms with E-state index in [9.17, 15) is 4.79 Å². The van der Waals surface area contributed by atoms with Crippen molar-refractivity contribution in [2.75, 3.05) is 11.2 Å². The van der Waals surface area contributed by atoms with Crippen LogP contribution < -0.4 is 11.2 Å². The molecule has 0 aliphatic rings. The highest BCUT2D eigenvalue weighted by atomic mass is 35.5. The summed E-state index contributed by atoms with van der Waals surface area (Å²) >= 11 is 7.27. The Morgan fingerprint density at radius 3 is 2.70 bits per heavy atom. The van der Waals surface area contributed by atoms with Crippen LogP contribution in [0.2, 0.25) is 5.02 Å². The molecule has 0 radical (unpaired) electrons. The standard InChI is InChI=1S/C19H20ClN5OS/c1-11-7-8-16(12(2)9-11)22-18(26)13(3)27-19-24-23-17(25(19)21)14-5-4-6-15(20)10-14/h4-10,13H,21H2,1-3H3,(H,22,26)/t13-/m0/s1. The summed E-state index contributed by atoms with van der Waals surface area (Å²) < 4.78 is 1.37. The first-order valence-corrected chi connectivity index (χ1v) is 9.62. The molecule has 27 heavy (non-hydrogen) atoms. The van der Waals surface area contributed by atoms with Gasteiger partial charge in [-0.2, -0.15) is 0 Å². The molecular weight excluding hydrogens is 382 g/mol. The Morgan fingerprint density at radius 2 is 2.00 bits per heavy atom. The van der Waals surface area contributed by atoms with Gasteiger partial charge < -0.3 is 11.2 Å². The molecule has 3 aromatic rings. The van der Waals surface area contributed by atoms with E-state index in [-0.39, 0.29) is 5.91 Å². The highest BCUT2D eigenvalue weighted by Gasteiger charge is 2.20. The Labute approximate surface area is 167 Å². The molecule has 0 unspecified atom stereocenters. The lowest BCUT2D eigenvalue weighted by atomic mass is 10.1. The number of aryl methyl sites for hydroxylation is 2. The van der Waals surface area contributed by atoms with Crippen molar-refractivity contribution in [2.45, 2.75) is 31.2 Å². The molecule has 0 saturated heterocycles. The van der Waals surface area contributed by atoms with E-state index in [0.717, 1.165) is 22.4 Å². The lowest BCUT2D eigenvalue weighted by molar-refractivity contribution is -0.115. The number of carbonyl (C=O) groups is 1. The number of hydrogen-bond acceptors (Lipinski definition) is 5. The number of hydrogen-bond donors (Lipinski definition) is 2. The molecule has 0 aliphatic carbocycles. The fourth-order valence-corrected chi connectivity index (χ4v) is 3.54. The number of benzene rings is 2. The van der Waals surface area contributed by atoms with Gasteiger partial charge in [0.25, 0.3) is 0 Å². The fourth-order valence-electron chi connectivity index (χ4n) is 2.58. The number of amides is 1. The van der Waals surface area contributed by atoms with E-state index in [4.69, 9.17) is 17.4 Å². The van der Waals surface area contributed by atoms with Gasteiger partial charge in [0.2, 0.25) is 11.1 Å². The lowest BCUT2D eigenvalue weighted by Gasteiger charge is -2.13. The second kappa shape index (κ2) is 8.02. The average Bonchev–Trinajstić information content (AvgIpc) is 2.98. The van der Waals surface area contributed by atoms with Crippen LogP contribution in [0.1, 0.15) is 18.1 Å². The predicted molar refractivity (Wildman–Crippen MR) is 110 cm³/mol. The summed E-state index contributed by atoms with van der Waals surface area (Å²) in [5.74, 6) is 6.49. The molecule has 0 bridgehead atoms. The molecule has 6 nitrogen and oxygen atoms in total. The Hall–Kier alpha value is -2.51. The molecule has 0 aliphatic heterocycles. The van der Waals surface area contributed by atoms with Crippen LogP contribution in [0.3, 0.4) is 0 Å². The SMILES string of the molecule is Cc1ccc(NC(=O)[C@H](C)Sc2nnc(-c3cccc(Cl)c3)n2N)c(C)c1. The Balaban J connectivity index is 1.72. The fraction of sp³-hybridized carbons (Fsp3) is 0.211. The second-order valence-electron chi connectivity index (χ2n) is 6.25. The normalized spacial score (nSPS) is 12.0. The van der Waals surface area contributed by atoms with Gasteiger partial charge in [-0.05, 0) is 44.5 Å². The highest BCUT2D eigenvalue weighted by Crippen LogP contribution is 2.27. The van der Waals surface area contributed by atoms with Gasteiger partial charge >= 0.3 is 0 Å². The van der Waals surface area contributed by atoms with Crippen molar-refractivity contribution in [3.63, 3.8) is 0 Å². The third-order valence-electron chi connectivity index (χ3n) is 4.04. The number of nitrogens with zero attached hydrogens (tertiary/aromatic N) is 3. The van der Waals surface area contributed by atoms with E-state index in [1.165, 1.54) is 16.4 Å². The zero-order valence-electron chi connectivity index (χ0n) is 15.2. The number of rotatable bonds is 5. The van der Waals surface area contributed by atoms with Crippen LogP contribution in [0.25, 0.3) is 11.4 Å². The van der Waals surface area contributed by atoms with Crippen LogP contribution in [-0.2, 0) is 4.79 Å². The van der Waals surface area contributed by atoms with E-state index in [1.807, 2.05) is 44.2 Å². The average molecular weight is 402 g/mol. The van der Waals surface area contributed by atoms with Crippen molar-refractivity contribution in [1.29, 1.82) is 0 Å². The lowest BCUT2D eigenvalue weighted by Crippen LogP contribution is -2.24. The van der Waals surface area contributed by atoms with Crippen molar-refractivity contribution in [1.82, 2.24) is 14.9 Å². The molecule has 8 heteroatoms. The molecule has 3 rings (SSSR count). The van der Waals surface area contributed by atoms with Crippen molar-refractivity contribution < 1.29 is 4.79 Å². The number of anilines is 1. The summed E-state index contributed by atoms with van der Waals surface area (Å²) in [5.41, 5.74) is 3.73. The molecule has 0 saturated carbocycles. The molecule has 1 amide bonds. The molecular formula is C19H20ClN5OS. The quantitative estimate of drug-likeness (QED) is 0.497. The monoisotopic (exact) mass is 401 g/mol. The van der Waals surface area contributed by atoms with Crippen molar-refractivity contribution in [2.24, 2.45) is 0 Å². The van der Waals surface area contributed by atoms with Crippen molar-refractivity contribution >= 4 is 35.0 Å². The summed E-state index contributed by atoms with van der Waals surface area (Å²) in [6.45, 7) is 5.79. The van der Waals surface area contributed by atoms with E-state index in [1.54, 1.807) is 19.1 Å². The largest absolute Gasteiger partial charge is 0.335 e. The third-order valence-corrected chi connectivity index (χ3v) is 5.33. The minimum absolute atomic E-state index is 0.126. The first-order valence-electron chi connectivity index (χ1n) is 8.36. The molecule has 140 valence electrons. The summed E-state index contributed by atoms with van der Waals surface area (Å²) in [5, 5.41) is 11.8. The number of nitrogens with one attached hydrogen (secondary N) is 1. The van der Waals surface area contributed by atoms with Gasteiger partial charge in [-0.15, -0.1) is 10.2 Å². The summed E-state index contributed by atoms with van der Waals surface area (Å²) in [6.07, 6.45) is 0. The van der Waals surface area contributed by atoms with Crippen molar-refractivity contribution in [3.8, 4) is 11.4 Å². The van der Waals surface area contributed by atoms with Gasteiger partial charge in [-0.1, -0.05) is 53.2 Å². The minimum Gasteiger partial charge on any atom is -0.335 e. The van der Waals surface area contributed by atoms with Gasteiger partial charge in [-0.3, -0.25) is 4.79 Å². The Bertz CT molecular complexity index is 988. The summed E-state index contributed by atoms with van der Waals surface area (Å²) in [4.78, 5) is 12.5. The zero-order valence-corrected chi connectivity index (χ0v) is 16.8. The van der Waals surface area contributed by atoms with E-state index in [0.29, 0.717) is 16.0 Å². The smallest absolute Gasteiger partial charge is 0.237 e. The number of halogens is 1. The van der Waals surface area contributed by atoms with Gasteiger partial charge in [0.1, 0.15) is 0 Å². The third kappa shape index (κ3) is 4.43. The number of aromatic nitrogens is 3. The molecule has 1 aromatic heterocycles. The molecule has 0 fully saturated rings. The number of nitrogen functional groups attached to an aromatic ring is 1. The maximum Gasteiger partial charge on any atom is 0.237 e. The van der Waals surface area contributed by atoms with Gasteiger partial charge in [0, 0.05) is 16.3 Å². The first kappa shape index (κ1) is 19.3. The van der Waals surface area contributed by atoms with Gasteiger partial charge in [0.15, 0.2) is 5.82 Å². The Kier molecular flexibility index (Phi) is 5.72. The summed E-state index contributed by atoms with van der Waals surface area (Å²) in [6, 6.07) is 13.1. The van der Waals surface area contributed by atoms with Crippen LogP contribution in [0.15, 0.2) is 47.6 Å². The minimum atomic E-state index is -0.399. The highest BCUT2D eigenvalue weighted by molar-refractivity contribution is 8.00. The topological polar surface area (TPSA) is 85.8 Å². The van der Waals surface area contributed by atoms with E-state index >= 15 is 0 Å². The van der Waals surface area contributed by atoms with Crippen LogP contribution in [0.5, 0.6) is 0 Å². The molecule has 1 heterocycles. The first-order chi connectivity index (χ1) is 12.8. The van der Waals surface area contributed by atoms with Crippen LogP contribution in [-0.4, -0.2) is 26.0 Å². The van der Waals surface area contributed by atoms with E-state index < -0.39 is 5.25 Å². The second-order valence-corrected chi connectivity index (χ2v) is 8.00. The molecule has 3 N–H and O–H groups in total. The van der Waals surface area contributed by atoms with E-state index in [2.05, 4.69) is 15.5 Å². The maximum atomic E-state index is 12.5. The molecule has 1 atom stereocenters. The number of nitrogens with two attached hydrogens (primary N) is 1. The van der Waals surface area contributed by atoms with Gasteiger partial charge in [-0.25, -0.2) is 4.68 Å². The summed E-state index contributed by atoms with van der Waals surface area (Å²) in [7, 11) is 0. The number of thioether (sulfide) groups is 1. The molecule has 2 aromatic carbocycles. The van der Waals surface area contributed by atoms with Crippen LogP contribution >= 0.6 is 23.4 Å². The van der Waals surface area contributed by atoms with Gasteiger partial charge in [0.05, 0.1) is 5.25 Å². The van der Waals surface area contributed by atoms with Crippen LogP contribution in [0, 0.1) is 13.8 Å². The zero-order chi connectivity index (χ0) is 19.6. The predicted octanol–water partition coefficient (Wildman–Crippen LogP) is 4.05.